The Balaban J connectivity index is 2.36. The fourth-order valence-corrected chi connectivity index (χ4v) is 2.51. The maximum atomic E-state index is 12.8. The third kappa shape index (κ3) is 4.05. The number of carbonyl (C=O) groups excluding carboxylic acids is 1. The van der Waals surface area contributed by atoms with Crippen LogP contribution in [0, 0.1) is 0 Å². The lowest BCUT2D eigenvalue weighted by molar-refractivity contribution is 0.0986. The number of hydrogen-bond acceptors (Lipinski definition) is 2. The number of pyridine rings is 1. The van der Waals surface area contributed by atoms with Gasteiger partial charge in [0.15, 0.2) is 0 Å². The first-order valence-electron chi connectivity index (χ1n) is 6.81. The van der Waals surface area contributed by atoms with Crippen LogP contribution >= 0.6 is 27.5 Å². The van der Waals surface area contributed by atoms with E-state index in [2.05, 4.69) is 27.8 Å². The molecule has 1 heterocycles. The maximum absolute atomic E-state index is 12.8. The second-order valence-electron chi connectivity index (χ2n) is 4.64. The molecule has 1 aromatic carbocycles. The zero-order valence-electron chi connectivity index (χ0n) is 11.7. The lowest BCUT2D eigenvalue weighted by Gasteiger charge is -2.23. The fourth-order valence-electron chi connectivity index (χ4n) is 1.99. The van der Waals surface area contributed by atoms with Crippen LogP contribution in [0.4, 0.5) is 5.69 Å². The topological polar surface area (TPSA) is 33.2 Å². The highest BCUT2D eigenvalue weighted by atomic mass is 79.9. The van der Waals surface area contributed by atoms with Crippen LogP contribution in [-0.2, 0) is 0 Å². The van der Waals surface area contributed by atoms with E-state index >= 15 is 0 Å². The quantitative estimate of drug-likeness (QED) is 0.701. The Kier molecular flexibility index (Phi) is 5.76. The van der Waals surface area contributed by atoms with Crippen LogP contribution in [0.25, 0.3) is 0 Å². The minimum absolute atomic E-state index is 0.131. The van der Waals surface area contributed by atoms with Gasteiger partial charge in [0, 0.05) is 22.9 Å². The van der Waals surface area contributed by atoms with E-state index in [1.807, 2.05) is 30.3 Å². The molecule has 0 radical (unpaired) electrons. The molecule has 5 heteroatoms. The number of anilines is 1. The molecule has 21 heavy (non-hydrogen) atoms. The first-order chi connectivity index (χ1) is 10.1. The van der Waals surface area contributed by atoms with Crippen LogP contribution in [0.2, 0.25) is 5.15 Å². The van der Waals surface area contributed by atoms with Gasteiger partial charge in [0.05, 0.1) is 5.56 Å². The van der Waals surface area contributed by atoms with Gasteiger partial charge in [0.25, 0.3) is 5.91 Å². The van der Waals surface area contributed by atoms with Crippen molar-refractivity contribution in [1.82, 2.24) is 4.98 Å². The molecule has 0 spiro atoms. The molecule has 110 valence electrons. The SMILES string of the molecule is CCCCN(C(=O)c1cc(Br)cnc1Cl)c1ccccc1. The van der Waals surface area contributed by atoms with E-state index in [0.717, 1.165) is 23.0 Å². The molecule has 2 aromatic rings. The number of carbonyl (C=O) groups is 1. The maximum Gasteiger partial charge on any atom is 0.261 e. The van der Waals surface area contributed by atoms with Gasteiger partial charge in [-0.1, -0.05) is 43.1 Å². The zero-order valence-corrected chi connectivity index (χ0v) is 14.1. The Morgan fingerprint density at radius 3 is 2.71 bits per heavy atom. The van der Waals surface area contributed by atoms with Crippen LogP contribution in [-0.4, -0.2) is 17.4 Å². The zero-order chi connectivity index (χ0) is 15.2. The number of nitrogens with zero attached hydrogens (tertiary/aromatic N) is 2. The van der Waals surface area contributed by atoms with Gasteiger partial charge < -0.3 is 4.90 Å². The van der Waals surface area contributed by atoms with Crippen LogP contribution < -0.4 is 4.90 Å². The van der Waals surface area contributed by atoms with Gasteiger partial charge in [-0.3, -0.25) is 4.79 Å². The number of unbranched alkanes of at least 4 members (excludes halogenated alkanes) is 1. The normalized spacial score (nSPS) is 10.4. The lowest BCUT2D eigenvalue weighted by atomic mass is 10.2. The van der Waals surface area contributed by atoms with E-state index in [0.29, 0.717) is 12.1 Å². The molecule has 0 aliphatic carbocycles. The van der Waals surface area contributed by atoms with Crippen molar-refractivity contribution in [2.75, 3.05) is 11.4 Å². The molecular weight excluding hydrogens is 352 g/mol. The number of amides is 1. The number of rotatable bonds is 5. The molecule has 0 saturated heterocycles. The average molecular weight is 368 g/mol. The number of halogens is 2. The lowest BCUT2D eigenvalue weighted by Crippen LogP contribution is -2.32. The van der Waals surface area contributed by atoms with Crippen LogP contribution in [0.1, 0.15) is 30.1 Å². The molecule has 0 N–H and O–H groups in total. The largest absolute Gasteiger partial charge is 0.308 e. The van der Waals surface area contributed by atoms with Gasteiger partial charge in [-0.15, -0.1) is 0 Å². The summed E-state index contributed by atoms with van der Waals surface area (Å²) in [6.07, 6.45) is 3.53. The van der Waals surface area contributed by atoms with Crippen molar-refractivity contribution in [3.8, 4) is 0 Å². The third-order valence-electron chi connectivity index (χ3n) is 3.08. The first kappa shape index (κ1) is 16.0. The number of para-hydroxylation sites is 1. The summed E-state index contributed by atoms with van der Waals surface area (Å²) in [6.45, 7) is 2.75. The molecule has 0 atom stereocenters. The predicted octanol–water partition coefficient (Wildman–Crippen LogP) is 4.94. The van der Waals surface area contributed by atoms with Crippen LogP contribution in [0.3, 0.4) is 0 Å². The van der Waals surface area contributed by atoms with E-state index in [1.54, 1.807) is 17.2 Å². The molecule has 0 saturated carbocycles. The fraction of sp³-hybridized carbons (Fsp3) is 0.250. The summed E-state index contributed by atoms with van der Waals surface area (Å²) in [5.41, 5.74) is 1.28. The molecular formula is C16H16BrClN2O. The van der Waals surface area contributed by atoms with Gasteiger partial charge >= 0.3 is 0 Å². The van der Waals surface area contributed by atoms with Crippen LogP contribution in [0.15, 0.2) is 47.1 Å². The van der Waals surface area contributed by atoms with E-state index in [4.69, 9.17) is 11.6 Å². The second kappa shape index (κ2) is 7.57. The molecule has 0 aliphatic heterocycles. The van der Waals surface area contributed by atoms with Crippen molar-refractivity contribution in [2.45, 2.75) is 19.8 Å². The van der Waals surface area contributed by atoms with E-state index in [-0.39, 0.29) is 11.1 Å². The van der Waals surface area contributed by atoms with Crippen molar-refractivity contribution in [1.29, 1.82) is 0 Å². The minimum Gasteiger partial charge on any atom is -0.308 e. The Morgan fingerprint density at radius 2 is 2.05 bits per heavy atom. The predicted molar refractivity (Wildman–Crippen MR) is 90.0 cm³/mol. The van der Waals surface area contributed by atoms with Crippen molar-refractivity contribution in [3.63, 3.8) is 0 Å². The number of aromatic nitrogens is 1. The van der Waals surface area contributed by atoms with E-state index < -0.39 is 0 Å². The Labute approximate surface area is 138 Å². The summed E-state index contributed by atoms with van der Waals surface area (Å²) < 4.78 is 0.735. The highest BCUT2D eigenvalue weighted by Crippen LogP contribution is 2.23. The summed E-state index contributed by atoms with van der Waals surface area (Å²) in [6, 6.07) is 11.3. The highest BCUT2D eigenvalue weighted by Gasteiger charge is 2.20. The molecule has 0 bridgehead atoms. The molecule has 2 rings (SSSR count). The first-order valence-corrected chi connectivity index (χ1v) is 7.98. The summed E-state index contributed by atoms with van der Waals surface area (Å²) in [5.74, 6) is -0.131. The van der Waals surface area contributed by atoms with Gasteiger partial charge in [0.2, 0.25) is 0 Å². The van der Waals surface area contributed by atoms with Gasteiger partial charge in [-0.25, -0.2) is 4.98 Å². The van der Waals surface area contributed by atoms with Gasteiger partial charge in [0.1, 0.15) is 5.15 Å². The summed E-state index contributed by atoms with van der Waals surface area (Å²) in [5, 5.41) is 0.223. The number of benzene rings is 1. The number of hydrogen-bond donors (Lipinski definition) is 0. The van der Waals surface area contributed by atoms with Crippen molar-refractivity contribution in [3.05, 3.63) is 57.8 Å². The van der Waals surface area contributed by atoms with Gasteiger partial charge in [-0.2, -0.15) is 0 Å². The Morgan fingerprint density at radius 1 is 1.33 bits per heavy atom. The molecule has 0 aliphatic rings. The molecule has 1 aromatic heterocycles. The van der Waals surface area contributed by atoms with Crippen molar-refractivity contribution in [2.24, 2.45) is 0 Å². The van der Waals surface area contributed by atoms with Crippen molar-refractivity contribution >= 4 is 39.1 Å². The average Bonchev–Trinajstić information content (AvgIpc) is 2.51. The second-order valence-corrected chi connectivity index (χ2v) is 5.91. The summed E-state index contributed by atoms with van der Waals surface area (Å²) >= 11 is 9.41. The monoisotopic (exact) mass is 366 g/mol. The third-order valence-corrected chi connectivity index (χ3v) is 3.82. The van der Waals surface area contributed by atoms with E-state index in [9.17, 15) is 4.79 Å². The van der Waals surface area contributed by atoms with Crippen molar-refractivity contribution < 1.29 is 4.79 Å². The summed E-state index contributed by atoms with van der Waals surface area (Å²) in [4.78, 5) is 18.6. The summed E-state index contributed by atoms with van der Waals surface area (Å²) in [7, 11) is 0. The molecule has 3 nitrogen and oxygen atoms in total. The minimum atomic E-state index is -0.131. The smallest absolute Gasteiger partial charge is 0.261 e. The van der Waals surface area contributed by atoms with Crippen LogP contribution in [0.5, 0.6) is 0 Å². The molecule has 0 fully saturated rings. The standard InChI is InChI=1S/C16H16BrClN2O/c1-2-3-9-20(13-7-5-4-6-8-13)16(21)14-10-12(17)11-19-15(14)18/h4-8,10-11H,2-3,9H2,1H3. The Hall–Kier alpha value is -1.39. The Bertz CT molecular complexity index is 619. The molecule has 1 amide bonds. The molecule has 0 unspecified atom stereocenters. The highest BCUT2D eigenvalue weighted by molar-refractivity contribution is 9.10. The van der Waals surface area contributed by atoms with E-state index in [1.165, 1.54) is 0 Å². The van der Waals surface area contributed by atoms with Gasteiger partial charge in [-0.05, 0) is 40.5 Å².